The van der Waals surface area contributed by atoms with Crippen molar-refractivity contribution in [2.24, 2.45) is 0 Å². The summed E-state index contributed by atoms with van der Waals surface area (Å²) < 4.78 is 30.2. The fraction of sp³-hybridized carbons (Fsp3) is 0.459. The third-order valence-electron chi connectivity index (χ3n) is 5.05. The quantitative estimate of drug-likeness (QED) is 0.0548. The van der Waals surface area contributed by atoms with E-state index in [1.165, 1.54) is 45.6 Å². The molecule has 1 aliphatic rings. The SMILES string of the molecule is C=C/C=C(\C)OC(C)(C)C(=O)O.C=CCCCCCC(=C)/C=C\C=C(/C)NC=O.CC.CCC.CNC1=CCC(F)=CC(F)=C1. The summed E-state index contributed by atoms with van der Waals surface area (Å²) in [6.45, 7) is 25.9. The molecule has 0 fully saturated rings. The molecule has 0 aromatic heterocycles. The topological polar surface area (TPSA) is 87.7 Å². The van der Waals surface area contributed by atoms with Gasteiger partial charge < -0.3 is 20.5 Å². The fourth-order valence-corrected chi connectivity index (χ4v) is 2.86. The van der Waals surface area contributed by atoms with Crippen molar-refractivity contribution in [2.75, 3.05) is 7.05 Å². The number of ether oxygens (including phenoxy) is 1. The lowest BCUT2D eigenvalue weighted by molar-refractivity contribution is -0.156. The Morgan fingerprint density at radius 1 is 1.09 bits per heavy atom. The molecule has 0 heterocycles. The normalized spacial score (nSPS) is 12.6. The van der Waals surface area contributed by atoms with Gasteiger partial charge in [0.1, 0.15) is 11.7 Å². The van der Waals surface area contributed by atoms with Gasteiger partial charge in [-0.25, -0.2) is 13.6 Å². The standard InChI is InChI=1S/C15H23NO.C9H14O3.C8H9F2N.C3H8.C2H6/c1-4-5-6-7-8-10-14(2)11-9-12-15(3)16-13-17;1-5-6-7(2)12-9(3,4)8(10)11;1-11-8-3-2-6(9)4-7(10)5-8;1-3-2;1-2/h4,9,11-13H,1-2,5-8,10H2,3H3,(H,16,17);5-6H,1H2,2-4H3,(H,10,11);3-5,11H,2H2,1H3;3H2,1-2H3;1-2H3/b11-9-,15-12+;7-6+;;;. The Morgan fingerprint density at radius 2 is 1.69 bits per heavy atom. The summed E-state index contributed by atoms with van der Waals surface area (Å²) in [5, 5.41) is 14.0. The maximum absolute atomic E-state index is 12.6. The van der Waals surface area contributed by atoms with E-state index in [1.54, 1.807) is 32.2 Å². The smallest absolute Gasteiger partial charge is 0.347 e. The van der Waals surface area contributed by atoms with Crippen LogP contribution in [-0.4, -0.2) is 30.1 Å². The van der Waals surface area contributed by atoms with Crippen LogP contribution >= 0.6 is 0 Å². The van der Waals surface area contributed by atoms with E-state index in [0.29, 0.717) is 17.9 Å². The molecule has 6 nitrogen and oxygen atoms in total. The van der Waals surface area contributed by atoms with Crippen LogP contribution in [0.4, 0.5) is 8.78 Å². The van der Waals surface area contributed by atoms with E-state index in [2.05, 4.69) is 44.2 Å². The average molecular weight is 635 g/mol. The van der Waals surface area contributed by atoms with Gasteiger partial charge in [0.15, 0.2) is 5.60 Å². The minimum atomic E-state index is -1.18. The van der Waals surface area contributed by atoms with Gasteiger partial charge in [-0.2, -0.15) is 0 Å². The Bertz CT molecular complexity index is 1030. The molecule has 0 radical (unpaired) electrons. The number of likely N-dealkylation sites (N-methyl/N-ethyl adjacent to an activating group) is 1. The zero-order valence-corrected chi connectivity index (χ0v) is 29.3. The predicted molar refractivity (Wildman–Crippen MR) is 189 cm³/mol. The third kappa shape index (κ3) is 34.4. The van der Waals surface area contributed by atoms with Crippen LogP contribution in [0.25, 0.3) is 0 Å². The third-order valence-corrected chi connectivity index (χ3v) is 5.05. The van der Waals surface area contributed by atoms with Gasteiger partial charge in [0.05, 0.1) is 5.76 Å². The van der Waals surface area contributed by atoms with Gasteiger partial charge in [-0.1, -0.05) is 89.6 Å². The molecule has 0 bridgehead atoms. The first-order chi connectivity index (χ1) is 21.2. The highest BCUT2D eigenvalue weighted by atomic mass is 19.1. The van der Waals surface area contributed by atoms with E-state index in [0.717, 1.165) is 30.2 Å². The van der Waals surface area contributed by atoms with E-state index in [1.807, 2.05) is 45.1 Å². The van der Waals surface area contributed by atoms with Crippen molar-refractivity contribution in [3.8, 4) is 0 Å². The van der Waals surface area contributed by atoms with Crippen molar-refractivity contribution >= 4 is 12.4 Å². The van der Waals surface area contributed by atoms with Crippen LogP contribution in [0.15, 0.2) is 109 Å². The number of halogens is 2. The van der Waals surface area contributed by atoms with Gasteiger partial charge >= 0.3 is 5.97 Å². The summed E-state index contributed by atoms with van der Waals surface area (Å²) in [5.74, 6) is -1.46. The molecule has 0 spiro atoms. The van der Waals surface area contributed by atoms with Crippen LogP contribution in [0.3, 0.4) is 0 Å². The second-order valence-electron chi connectivity index (χ2n) is 9.89. The number of carbonyl (C=O) groups excluding carboxylic acids is 1. The van der Waals surface area contributed by atoms with Crippen LogP contribution in [-0.2, 0) is 14.3 Å². The zero-order valence-electron chi connectivity index (χ0n) is 29.3. The molecule has 1 aliphatic carbocycles. The molecule has 256 valence electrons. The summed E-state index contributed by atoms with van der Waals surface area (Å²) in [6, 6.07) is 0. The lowest BCUT2D eigenvalue weighted by Crippen LogP contribution is -2.34. The Kier molecular flexibility index (Phi) is 35.1. The van der Waals surface area contributed by atoms with E-state index in [9.17, 15) is 18.4 Å². The van der Waals surface area contributed by atoms with Gasteiger partial charge in [0.25, 0.3) is 0 Å². The molecule has 0 aliphatic heterocycles. The molecule has 45 heavy (non-hydrogen) atoms. The summed E-state index contributed by atoms with van der Waals surface area (Å²) in [6.07, 6.45) is 22.4. The van der Waals surface area contributed by atoms with E-state index >= 15 is 0 Å². The number of allylic oxidation sites excluding steroid dienone is 14. The summed E-state index contributed by atoms with van der Waals surface area (Å²) in [7, 11) is 1.67. The van der Waals surface area contributed by atoms with Crippen molar-refractivity contribution in [3.05, 3.63) is 109 Å². The van der Waals surface area contributed by atoms with Crippen molar-refractivity contribution in [1.82, 2.24) is 10.6 Å². The average Bonchev–Trinajstić information content (AvgIpc) is 3.14. The summed E-state index contributed by atoms with van der Waals surface area (Å²) in [4.78, 5) is 20.7. The summed E-state index contributed by atoms with van der Waals surface area (Å²) >= 11 is 0. The maximum Gasteiger partial charge on any atom is 0.347 e. The van der Waals surface area contributed by atoms with E-state index < -0.39 is 23.2 Å². The number of carboxylic acids is 1. The predicted octanol–water partition coefficient (Wildman–Crippen LogP) is 10.5. The van der Waals surface area contributed by atoms with Crippen molar-refractivity contribution < 1.29 is 28.2 Å². The number of hydrogen-bond acceptors (Lipinski definition) is 4. The molecule has 1 amide bonds. The van der Waals surface area contributed by atoms with Crippen LogP contribution < -0.4 is 10.6 Å². The monoisotopic (exact) mass is 634 g/mol. The molecule has 0 saturated carbocycles. The largest absolute Gasteiger partial charge is 0.481 e. The first-order valence-electron chi connectivity index (χ1n) is 15.4. The Labute approximate surface area is 272 Å². The number of hydrogen-bond donors (Lipinski definition) is 3. The molecule has 1 rings (SSSR count). The Hall–Kier alpha value is -3.94. The fourth-order valence-electron chi connectivity index (χ4n) is 2.86. The number of aliphatic carboxylic acids is 1. The van der Waals surface area contributed by atoms with Crippen molar-refractivity contribution in [2.45, 2.75) is 106 Å². The minimum absolute atomic E-state index is 0.153. The molecule has 0 aromatic carbocycles. The highest BCUT2D eigenvalue weighted by Gasteiger charge is 2.28. The molecule has 3 N–H and O–H groups in total. The van der Waals surface area contributed by atoms with E-state index in [4.69, 9.17) is 9.84 Å². The second kappa shape index (κ2) is 33.0. The number of carbonyl (C=O) groups is 2. The highest BCUT2D eigenvalue weighted by Crippen LogP contribution is 2.16. The van der Waals surface area contributed by atoms with Gasteiger partial charge in [0, 0.05) is 30.9 Å². The van der Waals surface area contributed by atoms with Gasteiger partial charge in [-0.15, -0.1) is 6.58 Å². The number of unbranched alkanes of at least 4 members (excludes halogenated alkanes) is 3. The first-order valence-corrected chi connectivity index (χ1v) is 15.4. The Balaban J connectivity index is -0.000000266. The molecule has 0 atom stereocenters. The van der Waals surface area contributed by atoms with Crippen LogP contribution in [0.2, 0.25) is 0 Å². The lowest BCUT2D eigenvalue weighted by Gasteiger charge is -2.21. The van der Waals surface area contributed by atoms with Crippen LogP contribution in [0.5, 0.6) is 0 Å². The van der Waals surface area contributed by atoms with Gasteiger partial charge in [0.2, 0.25) is 6.41 Å². The molecular formula is C37H60F2N2O4. The molecule has 0 aromatic rings. The van der Waals surface area contributed by atoms with Gasteiger partial charge in [-0.05, 0) is 71.6 Å². The lowest BCUT2D eigenvalue weighted by atomic mass is 10.1. The highest BCUT2D eigenvalue weighted by molar-refractivity contribution is 5.76. The Morgan fingerprint density at radius 3 is 2.18 bits per heavy atom. The van der Waals surface area contributed by atoms with Crippen molar-refractivity contribution in [3.63, 3.8) is 0 Å². The molecular weight excluding hydrogens is 574 g/mol. The first kappa shape index (κ1) is 48.0. The number of rotatable bonds is 15. The zero-order chi connectivity index (χ0) is 35.7. The second-order valence-corrected chi connectivity index (χ2v) is 9.89. The van der Waals surface area contributed by atoms with Crippen LogP contribution in [0, 0.1) is 0 Å². The number of carboxylic acid groups (broad SMARTS) is 1. The summed E-state index contributed by atoms with van der Waals surface area (Å²) in [5.41, 5.74) is 1.38. The molecule has 8 heteroatoms. The van der Waals surface area contributed by atoms with Gasteiger partial charge in [-0.3, -0.25) is 4.79 Å². The van der Waals surface area contributed by atoms with E-state index in [-0.39, 0.29) is 6.42 Å². The van der Waals surface area contributed by atoms with Crippen LogP contribution in [0.1, 0.15) is 100 Å². The molecule has 0 saturated heterocycles. The minimum Gasteiger partial charge on any atom is -0.481 e. The van der Waals surface area contributed by atoms with Crippen molar-refractivity contribution in [1.29, 1.82) is 0 Å². The number of amides is 1. The molecule has 0 unspecified atom stereocenters. The maximum atomic E-state index is 12.6. The number of nitrogens with one attached hydrogen (secondary N) is 2.